The van der Waals surface area contributed by atoms with Gasteiger partial charge in [0.25, 0.3) is 5.92 Å². The number of nitrogens with one attached hydrogen (secondary N) is 1. The average Bonchev–Trinajstić information content (AvgIpc) is 3.04. The number of nitrogens with zero attached hydrogens (tertiary/aromatic N) is 5. The van der Waals surface area contributed by atoms with E-state index in [9.17, 15) is 13.6 Å². The fraction of sp³-hybridized carbons (Fsp3) is 0.200. The van der Waals surface area contributed by atoms with Gasteiger partial charge in [0, 0.05) is 30.1 Å². The minimum atomic E-state index is -2.60. The maximum Gasteiger partial charge on any atom is 0.255 e. The zero-order valence-corrected chi connectivity index (χ0v) is 15.7. The molecule has 10 heteroatoms. The third-order valence-electron chi connectivity index (χ3n) is 5.05. The van der Waals surface area contributed by atoms with Crippen molar-refractivity contribution in [3.8, 4) is 11.1 Å². The summed E-state index contributed by atoms with van der Waals surface area (Å²) in [6.45, 7) is 0.0164. The average molecular weight is 409 g/mol. The number of nitrogen functional groups attached to an aromatic ring is 1. The molecule has 1 aliphatic carbocycles. The van der Waals surface area contributed by atoms with E-state index in [1.54, 1.807) is 47.4 Å². The van der Waals surface area contributed by atoms with Crippen LogP contribution in [0.25, 0.3) is 16.8 Å². The first-order valence-corrected chi connectivity index (χ1v) is 9.30. The normalized spacial score (nSPS) is 17.2. The number of fused-ring (bicyclic) bond motifs is 1. The number of carbonyl (C=O) groups excluding carboxylic acids is 1. The number of halogens is 2. The molecule has 1 aromatic carbocycles. The topological polar surface area (TPSA) is 103 Å². The van der Waals surface area contributed by atoms with E-state index >= 15 is 0 Å². The van der Waals surface area contributed by atoms with Gasteiger partial charge in [0.05, 0.1) is 12.1 Å². The molecule has 0 radical (unpaired) electrons. The third-order valence-corrected chi connectivity index (χ3v) is 5.05. The highest BCUT2D eigenvalue weighted by molar-refractivity contribution is 5.90. The highest BCUT2D eigenvalue weighted by atomic mass is 19.3. The Morgan fingerprint density at radius 3 is 2.73 bits per heavy atom. The Balaban J connectivity index is 1.24. The Kier molecular flexibility index (Phi) is 4.02. The molecule has 30 heavy (non-hydrogen) atoms. The van der Waals surface area contributed by atoms with Gasteiger partial charge in [0.15, 0.2) is 5.65 Å². The van der Waals surface area contributed by atoms with Crippen molar-refractivity contribution in [3.63, 3.8) is 0 Å². The molecular weight excluding hydrogens is 392 g/mol. The second kappa shape index (κ2) is 6.61. The van der Waals surface area contributed by atoms with Gasteiger partial charge in [-0.3, -0.25) is 9.48 Å². The molecule has 5 rings (SSSR count). The van der Waals surface area contributed by atoms with Crippen molar-refractivity contribution in [2.24, 2.45) is 0 Å². The van der Waals surface area contributed by atoms with Crippen molar-refractivity contribution in [2.45, 2.75) is 24.8 Å². The van der Waals surface area contributed by atoms with Gasteiger partial charge in [-0.2, -0.15) is 10.1 Å². The van der Waals surface area contributed by atoms with Crippen LogP contribution in [0.5, 0.6) is 0 Å². The lowest BCUT2D eigenvalue weighted by Gasteiger charge is -2.07. The molecule has 0 aliphatic heterocycles. The van der Waals surface area contributed by atoms with Gasteiger partial charge < -0.3 is 11.1 Å². The van der Waals surface area contributed by atoms with E-state index in [0.29, 0.717) is 16.9 Å². The number of rotatable bonds is 5. The summed E-state index contributed by atoms with van der Waals surface area (Å²) >= 11 is 0. The first kappa shape index (κ1) is 18.2. The largest absolute Gasteiger partial charge is 0.366 e. The summed E-state index contributed by atoms with van der Waals surface area (Å²) < 4.78 is 29.4. The first-order chi connectivity index (χ1) is 14.4. The van der Waals surface area contributed by atoms with Crippen molar-refractivity contribution in [2.75, 3.05) is 11.1 Å². The van der Waals surface area contributed by atoms with Gasteiger partial charge in [-0.15, -0.1) is 5.10 Å². The number of hydrogen-bond donors (Lipinski definition) is 2. The number of hydrogen-bond acceptors (Lipinski definition) is 5. The highest BCUT2D eigenvalue weighted by Crippen LogP contribution is 2.55. The van der Waals surface area contributed by atoms with Gasteiger partial charge >= 0.3 is 0 Å². The van der Waals surface area contributed by atoms with Crippen molar-refractivity contribution in [1.29, 1.82) is 0 Å². The number of nitrogens with two attached hydrogens (primary N) is 1. The standard InChI is InChI=1S/C20H17F2N7O/c21-20(22)8-16(20)12-1-3-15(4-2-12)25-18(30)11-28-10-14(9-24-28)13-5-6-29-17(7-13)26-19(23)27-29/h1-7,9-10,16H,8,11H2,(H2,23,27)(H,25,30). The Labute approximate surface area is 169 Å². The number of amides is 1. The second-order valence-corrected chi connectivity index (χ2v) is 7.30. The Morgan fingerprint density at radius 2 is 2.00 bits per heavy atom. The summed E-state index contributed by atoms with van der Waals surface area (Å²) in [5.74, 6) is -3.39. The molecule has 1 atom stereocenters. The van der Waals surface area contributed by atoms with Crippen LogP contribution in [0.2, 0.25) is 0 Å². The molecule has 1 saturated carbocycles. The van der Waals surface area contributed by atoms with Gasteiger partial charge in [-0.25, -0.2) is 13.3 Å². The number of alkyl halides is 2. The molecule has 8 nitrogen and oxygen atoms in total. The summed E-state index contributed by atoms with van der Waals surface area (Å²) in [4.78, 5) is 16.4. The van der Waals surface area contributed by atoms with E-state index in [0.717, 1.165) is 11.1 Å². The molecule has 1 aliphatic rings. The Morgan fingerprint density at radius 1 is 1.23 bits per heavy atom. The van der Waals surface area contributed by atoms with Gasteiger partial charge in [0.1, 0.15) is 6.54 Å². The fourth-order valence-electron chi connectivity index (χ4n) is 3.40. The molecule has 1 fully saturated rings. The van der Waals surface area contributed by atoms with Crippen LogP contribution in [0.1, 0.15) is 17.9 Å². The van der Waals surface area contributed by atoms with Crippen LogP contribution in [0, 0.1) is 0 Å². The van der Waals surface area contributed by atoms with Crippen LogP contribution < -0.4 is 11.1 Å². The second-order valence-electron chi connectivity index (χ2n) is 7.30. The lowest BCUT2D eigenvalue weighted by Crippen LogP contribution is -2.18. The van der Waals surface area contributed by atoms with Gasteiger partial charge in [0.2, 0.25) is 11.9 Å². The molecule has 3 N–H and O–H groups in total. The summed E-state index contributed by atoms with van der Waals surface area (Å²) in [7, 11) is 0. The Hall–Kier alpha value is -3.82. The predicted molar refractivity (Wildman–Crippen MR) is 106 cm³/mol. The quantitative estimate of drug-likeness (QED) is 0.528. The zero-order chi connectivity index (χ0) is 20.9. The van der Waals surface area contributed by atoms with E-state index in [-0.39, 0.29) is 24.8 Å². The third kappa shape index (κ3) is 3.47. The van der Waals surface area contributed by atoms with E-state index < -0.39 is 11.8 Å². The number of carbonyl (C=O) groups is 1. The van der Waals surface area contributed by atoms with Crippen molar-refractivity contribution < 1.29 is 13.6 Å². The van der Waals surface area contributed by atoms with Gasteiger partial charge in [-0.1, -0.05) is 12.1 Å². The summed E-state index contributed by atoms with van der Waals surface area (Å²) in [6.07, 6.45) is 5.05. The van der Waals surface area contributed by atoms with Crippen molar-refractivity contribution in [3.05, 3.63) is 60.6 Å². The van der Waals surface area contributed by atoms with E-state index in [2.05, 4.69) is 20.5 Å². The van der Waals surface area contributed by atoms with Gasteiger partial charge in [-0.05, 0) is 35.4 Å². The molecule has 0 spiro atoms. The van der Waals surface area contributed by atoms with E-state index in [1.807, 2.05) is 12.1 Å². The number of anilines is 2. The molecule has 152 valence electrons. The molecule has 3 aromatic heterocycles. The van der Waals surface area contributed by atoms with E-state index in [1.165, 1.54) is 4.68 Å². The van der Waals surface area contributed by atoms with Crippen molar-refractivity contribution in [1.82, 2.24) is 24.4 Å². The lowest BCUT2D eigenvalue weighted by molar-refractivity contribution is -0.116. The number of pyridine rings is 1. The summed E-state index contributed by atoms with van der Waals surface area (Å²) in [5.41, 5.74) is 9.04. The van der Waals surface area contributed by atoms with Crippen LogP contribution >= 0.6 is 0 Å². The molecule has 0 bridgehead atoms. The van der Waals surface area contributed by atoms with Crippen LogP contribution in [0.15, 0.2) is 55.0 Å². The number of benzene rings is 1. The maximum absolute atomic E-state index is 13.1. The summed E-state index contributed by atoms with van der Waals surface area (Å²) in [5, 5.41) is 11.0. The zero-order valence-electron chi connectivity index (χ0n) is 15.7. The smallest absolute Gasteiger partial charge is 0.255 e. The minimum Gasteiger partial charge on any atom is -0.366 e. The minimum absolute atomic E-state index is 0.0164. The van der Waals surface area contributed by atoms with Crippen LogP contribution in [0.4, 0.5) is 20.4 Å². The fourth-order valence-corrected chi connectivity index (χ4v) is 3.40. The predicted octanol–water partition coefficient (Wildman–Crippen LogP) is 2.94. The highest BCUT2D eigenvalue weighted by Gasteiger charge is 2.57. The monoisotopic (exact) mass is 409 g/mol. The van der Waals surface area contributed by atoms with Crippen LogP contribution in [0.3, 0.4) is 0 Å². The first-order valence-electron chi connectivity index (χ1n) is 9.30. The molecule has 3 heterocycles. The lowest BCUT2D eigenvalue weighted by atomic mass is 10.1. The van der Waals surface area contributed by atoms with Crippen molar-refractivity contribution >= 4 is 23.2 Å². The molecule has 0 saturated heterocycles. The SMILES string of the molecule is Nc1nc2cc(-c3cnn(CC(=O)Nc4ccc(C5CC5(F)F)cc4)c3)ccn2n1. The Bertz CT molecular complexity index is 1250. The van der Waals surface area contributed by atoms with E-state index in [4.69, 9.17) is 5.73 Å². The molecule has 4 aromatic rings. The van der Waals surface area contributed by atoms with Crippen LogP contribution in [-0.4, -0.2) is 36.2 Å². The molecule has 1 amide bonds. The number of aromatic nitrogens is 5. The van der Waals surface area contributed by atoms with Crippen LogP contribution in [-0.2, 0) is 11.3 Å². The summed E-state index contributed by atoms with van der Waals surface area (Å²) in [6, 6.07) is 10.2. The molecule has 1 unspecified atom stereocenters. The molecular formula is C20H17F2N7O. The maximum atomic E-state index is 13.1.